The quantitative estimate of drug-likeness (QED) is 0.797. The van der Waals surface area contributed by atoms with E-state index in [4.69, 9.17) is 4.74 Å². The lowest BCUT2D eigenvalue weighted by atomic mass is 9.98. The standard InChI is InChI=1S/C18H30N2O2/c1-11(2)8-15-16(22-18(5,6)7)10-17(21)20(15)14-9-12(3)19-13(14)4/h10-11,13-15H,8-9H2,1-7H3/t13-,14-,15-/m0/s1. The topological polar surface area (TPSA) is 41.9 Å². The molecule has 0 saturated heterocycles. The number of carbonyl (C=O) groups excluding carboxylic acids is 1. The van der Waals surface area contributed by atoms with Crippen LogP contribution in [0.3, 0.4) is 0 Å². The fourth-order valence-electron chi connectivity index (χ4n) is 3.40. The Balaban J connectivity index is 2.24. The van der Waals surface area contributed by atoms with Gasteiger partial charge in [0.25, 0.3) is 5.91 Å². The summed E-state index contributed by atoms with van der Waals surface area (Å²) in [5.41, 5.74) is 0.851. The second-order valence-electron chi connectivity index (χ2n) is 8.03. The summed E-state index contributed by atoms with van der Waals surface area (Å²) in [7, 11) is 0. The van der Waals surface area contributed by atoms with E-state index < -0.39 is 0 Å². The first-order chi connectivity index (χ1) is 10.1. The minimum absolute atomic E-state index is 0.0419. The number of rotatable bonds is 4. The Morgan fingerprint density at radius 2 is 2.05 bits per heavy atom. The van der Waals surface area contributed by atoms with E-state index in [0.29, 0.717) is 5.92 Å². The lowest BCUT2D eigenvalue weighted by Crippen LogP contribution is -2.47. The molecule has 4 nitrogen and oxygen atoms in total. The van der Waals surface area contributed by atoms with Crippen LogP contribution in [-0.2, 0) is 9.53 Å². The summed E-state index contributed by atoms with van der Waals surface area (Å²) in [5.74, 6) is 1.40. The van der Waals surface area contributed by atoms with Gasteiger partial charge < -0.3 is 9.64 Å². The molecule has 3 atom stereocenters. The van der Waals surface area contributed by atoms with E-state index in [9.17, 15) is 4.79 Å². The van der Waals surface area contributed by atoms with Gasteiger partial charge in [0.15, 0.2) is 0 Å². The lowest BCUT2D eigenvalue weighted by molar-refractivity contribution is -0.129. The van der Waals surface area contributed by atoms with Gasteiger partial charge in [0.2, 0.25) is 0 Å². The minimum Gasteiger partial charge on any atom is -0.490 e. The van der Waals surface area contributed by atoms with E-state index >= 15 is 0 Å². The van der Waals surface area contributed by atoms with Gasteiger partial charge >= 0.3 is 0 Å². The first-order valence-electron chi connectivity index (χ1n) is 8.34. The predicted molar refractivity (Wildman–Crippen MR) is 90.0 cm³/mol. The largest absolute Gasteiger partial charge is 0.490 e. The molecule has 0 bridgehead atoms. The van der Waals surface area contributed by atoms with Crippen molar-refractivity contribution >= 4 is 11.6 Å². The Kier molecular flexibility index (Phi) is 4.69. The molecule has 0 unspecified atom stereocenters. The molecule has 22 heavy (non-hydrogen) atoms. The number of carbonyl (C=O) groups is 1. The Bertz CT molecular complexity index is 500. The van der Waals surface area contributed by atoms with E-state index in [-0.39, 0.29) is 29.6 Å². The Labute approximate surface area is 134 Å². The van der Waals surface area contributed by atoms with Crippen molar-refractivity contribution in [2.75, 3.05) is 0 Å². The molecule has 124 valence electrons. The summed E-state index contributed by atoms with van der Waals surface area (Å²) in [4.78, 5) is 19.3. The zero-order chi connectivity index (χ0) is 16.7. The van der Waals surface area contributed by atoms with Gasteiger partial charge in [-0.25, -0.2) is 0 Å². The van der Waals surface area contributed by atoms with Crippen LogP contribution in [0.25, 0.3) is 0 Å². The molecule has 0 aromatic rings. The maximum atomic E-state index is 12.6. The van der Waals surface area contributed by atoms with Crippen molar-refractivity contribution in [1.82, 2.24) is 4.90 Å². The molecule has 2 rings (SSSR count). The average molecular weight is 306 g/mol. The van der Waals surface area contributed by atoms with Crippen molar-refractivity contribution < 1.29 is 9.53 Å². The van der Waals surface area contributed by atoms with Gasteiger partial charge in [-0.1, -0.05) is 13.8 Å². The van der Waals surface area contributed by atoms with Crippen molar-refractivity contribution in [1.29, 1.82) is 0 Å². The molecule has 0 aromatic heterocycles. The SMILES string of the molecule is CC1=N[C@@H](C)[C@@H](N2C(=O)C=C(OC(C)(C)C)[C@@H]2CC(C)C)C1. The van der Waals surface area contributed by atoms with Crippen molar-refractivity contribution in [3.63, 3.8) is 0 Å². The summed E-state index contributed by atoms with van der Waals surface area (Å²) >= 11 is 0. The molecule has 0 saturated carbocycles. The van der Waals surface area contributed by atoms with Crippen molar-refractivity contribution in [2.24, 2.45) is 10.9 Å². The van der Waals surface area contributed by atoms with Gasteiger partial charge in [-0.05, 0) is 47.0 Å². The smallest absolute Gasteiger partial charge is 0.250 e. The van der Waals surface area contributed by atoms with E-state index in [1.165, 1.54) is 0 Å². The molecule has 0 radical (unpaired) electrons. The summed E-state index contributed by atoms with van der Waals surface area (Å²) in [6, 6.07) is 0.370. The monoisotopic (exact) mass is 306 g/mol. The highest BCUT2D eigenvalue weighted by atomic mass is 16.5. The molecule has 2 aliphatic rings. The molecule has 0 fully saturated rings. The molecule has 0 aliphatic carbocycles. The minimum atomic E-state index is -0.287. The Morgan fingerprint density at radius 3 is 2.50 bits per heavy atom. The second kappa shape index (κ2) is 6.05. The normalized spacial score (nSPS) is 29.2. The fourth-order valence-corrected chi connectivity index (χ4v) is 3.40. The Morgan fingerprint density at radius 1 is 1.41 bits per heavy atom. The molecular weight excluding hydrogens is 276 g/mol. The fraction of sp³-hybridized carbons (Fsp3) is 0.778. The predicted octanol–water partition coefficient (Wildman–Crippen LogP) is 3.56. The summed E-state index contributed by atoms with van der Waals surface area (Å²) in [5, 5.41) is 0. The highest BCUT2D eigenvalue weighted by molar-refractivity contribution is 5.93. The van der Waals surface area contributed by atoms with Crippen LogP contribution in [0.5, 0.6) is 0 Å². The van der Waals surface area contributed by atoms with Gasteiger partial charge in [-0.2, -0.15) is 0 Å². The van der Waals surface area contributed by atoms with E-state index in [1.54, 1.807) is 6.08 Å². The number of hydrogen-bond donors (Lipinski definition) is 0. The van der Waals surface area contributed by atoms with Gasteiger partial charge in [-0.3, -0.25) is 9.79 Å². The van der Waals surface area contributed by atoms with E-state index in [0.717, 1.165) is 24.3 Å². The van der Waals surface area contributed by atoms with Crippen molar-refractivity contribution in [3.05, 3.63) is 11.8 Å². The van der Waals surface area contributed by atoms with Crippen LogP contribution in [0.4, 0.5) is 0 Å². The highest BCUT2D eigenvalue weighted by Gasteiger charge is 2.43. The highest BCUT2D eigenvalue weighted by Crippen LogP contribution is 2.34. The number of ether oxygens (including phenoxy) is 1. The number of aliphatic imine (C=N–C) groups is 1. The van der Waals surface area contributed by atoms with Crippen LogP contribution < -0.4 is 0 Å². The third kappa shape index (κ3) is 3.71. The zero-order valence-corrected chi connectivity index (χ0v) is 15.0. The van der Waals surface area contributed by atoms with Gasteiger partial charge in [0, 0.05) is 18.2 Å². The molecule has 2 aliphatic heterocycles. The molecule has 0 spiro atoms. The zero-order valence-electron chi connectivity index (χ0n) is 15.0. The molecule has 0 N–H and O–H groups in total. The third-order valence-corrected chi connectivity index (χ3v) is 4.15. The van der Waals surface area contributed by atoms with Gasteiger partial charge in [0.05, 0.1) is 18.1 Å². The van der Waals surface area contributed by atoms with E-state index in [2.05, 4.69) is 32.7 Å². The molecule has 2 heterocycles. The first kappa shape index (κ1) is 17.0. The van der Waals surface area contributed by atoms with Crippen LogP contribution in [0.2, 0.25) is 0 Å². The summed E-state index contributed by atoms with van der Waals surface area (Å²) < 4.78 is 6.10. The first-order valence-corrected chi connectivity index (χ1v) is 8.34. The van der Waals surface area contributed by atoms with Crippen LogP contribution in [0.1, 0.15) is 61.3 Å². The van der Waals surface area contributed by atoms with Crippen LogP contribution in [0, 0.1) is 5.92 Å². The number of hydrogen-bond acceptors (Lipinski definition) is 3. The lowest BCUT2D eigenvalue weighted by Gasteiger charge is -2.36. The molecule has 4 heteroatoms. The Hall–Kier alpha value is -1.32. The maximum absolute atomic E-state index is 12.6. The third-order valence-electron chi connectivity index (χ3n) is 4.15. The van der Waals surface area contributed by atoms with Crippen LogP contribution >= 0.6 is 0 Å². The molecular formula is C18H30N2O2. The van der Waals surface area contributed by atoms with Crippen LogP contribution in [0.15, 0.2) is 16.8 Å². The maximum Gasteiger partial charge on any atom is 0.250 e. The van der Waals surface area contributed by atoms with Crippen LogP contribution in [-0.4, -0.2) is 40.2 Å². The summed E-state index contributed by atoms with van der Waals surface area (Å²) in [6.45, 7) is 14.6. The molecule has 1 amide bonds. The van der Waals surface area contributed by atoms with Gasteiger partial charge in [-0.15, -0.1) is 0 Å². The number of nitrogens with zero attached hydrogens (tertiary/aromatic N) is 2. The number of amides is 1. The molecule has 0 aromatic carbocycles. The average Bonchev–Trinajstić information content (AvgIpc) is 2.77. The van der Waals surface area contributed by atoms with Crippen molar-refractivity contribution in [3.8, 4) is 0 Å². The van der Waals surface area contributed by atoms with Gasteiger partial charge in [0.1, 0.15) is 11.4 Å². The summed E-state index contributed by atoms with van der Waals surface area (Å²) in [6.07, 6.45) is 3.49. The second-order valence-corrected chi connectivity index (χ2v) is 8.03. The van der Waals surface area contributed by atoms with Crippen molar-refractivity contribution in [2.45, 2.75) is 85.0 Å². The van der Waals surface area contributed by atoms with E-state index in [1.807, 2.05) is 25.7 Å².